The third-order valence-corrected chi connectivity index (χ3v) is 3.95. The topological polar surface area (TPSA) is 53.9 Å². The minimum atomic E-state index is 0.636. The SMILES string of the molecule is CNc1nc(-c2ccsc2)nc(N2CCCCC2)n1. The van der Waals surface area contributed by atoms with Crippen LogP contribution in [0.15, 0.2) is 16.8 Å². The highest BCUT2D eigenvalue weighted by molar-refractivity contribution is 7.08. The maximum absolute atomic E-state index is 4.62. The Morgan fingerprint density at radius 2 is 2.00 bits per heavy atom. The van der Waals surface area contributed by atoms with E-state index in [4.69, 9.17) is 0 Å². The second kappa shape index (κ2) is 5.52. The third-order valence-electron chi connectivity index (χ3n) is 3.27. The van der Waals surface area contributed by atoms with Gasteiger partial charge in [0.2, 0.25) is 11.9 Å². The van der Waals surface area contributed by atoms with Crippen LogP contribution in [0.5, 0.6) is 0 Å². The zero-order valence-electron chi connectivity index (χ0n) is 11.0. The van der Waals surface area contributed by atoms with E-state index in [9.17, 15) is 0 Å². The Kier molecular flexibility index (Phi) is 3.59. The van der Waals surface area contributed by atoms with Crippen LogP contribution in [0.25, 0.3) is 11.4 Å². The van der Waals surface area contributed by atoms with Crippen molar-refractivity contribution in [3.8, 4) is 11.4 Å². The second-order valence-electron chi connectivity index (χ2n) is 4.59. The summed E-state index contributed by atoms with van der Waals surface area (Å²) >= 11 is 1.65. The Bertz CT molecular complexity index is 534. The summed E-state index contributed by atoms with van der Waals surface area (Å²) in [4.78, 5) is 15.8. The van der Waals surface area contributed by atoms with Crippen molar-refractivity contribution in [2.75, 3.05) is 30.4 Å². The maximum atomic E-state index is 4.62. The Labute approximate surface area is 116 Å². The van der Waals surface area contributed by atoms with Crippen LogP contribution in [0.3, 0.4) is 0 Å². The summed E-state index contributed by atoms with van der Waals surface area (Å²) in [6, 6.07) is 2.04. The van der Waals surface area contributed by atoms with Gasteiger partial charge in [-0.3, -0.25) is 0 Å². The van der Waals surface area contributed by atoms with Gasteiger partial charge in [0, 0.05) is 31.1 Å². The number of anilines is 2. The monoisotopic (exact) mass is 275 g/mol. The molecule has 2 aromatic rings. The Morgan fingerprint density at radius 3 is 2.68 bits per heavy atom. The van der Waals surface area contributed by atoms with Crippen molar-refractivity contribution >= 4 is 23.2 Å². The zero-order valence-corrected chi connectivity index (χ0v) is 11.8. The highest BCUT2D eigenvalue weighted by atomic mass is 32.1. The van der Waals surface area contributed by atoms with Crippen molar-refractivity contribution in [1.82, 2.24) is 15.0 Å². The van der Waals surface area contributed by atoms with Gasteiger partial charge in [-0.15, -0.1) is 0 Å². The van der Waals surface area contributed by atoms with E-state index in [2.05, 4.69) is 30.5 Å². The predicted molar refractivity (Wildman–Crippen MR) is 78.8 cm³/mol. The lowest BCUT2D eigenvalue weighted by molar-refractivity contribution is 0.568. The molecule has 0 saturated carbocycles. The lowest BCUT2D eigenvalue weighted by Crippen LogP contribution is -2.31. The minimum Gasteiger partial charge on any atom is -0.357 e. The number of nitrogens with zero attached hydrogens (tertiary/aromatic N) is 4. The fourth-order valence-electron chi connectivity index (χ4n) is 2.23. The molecule has 19 heavy (non-hydrogen) atoms. The summed E-state index contributed by atoms with van der Waals surface area (Å²) in [7, 11) is 1.84. The van der Waals surface area contributed by atoms with Gasteiger partial charge in [-0.1, -0.05) is 0 Å². The van der Waals surface area contributed by atoms with E-state index in [0.29, 0.717) is 5.95 Å². The smallest absolute Gasteiger partial charge is 0.230 e. The number of hydrogen-bond donors (Lipinski definition) is 1. The number of hydrogen-bond acceptors (Lipinski definition) is 6. The summed E-state index contributed by atoms with van der Waals surface area (Å²) in [5, 5.41) is 7.13. The molecule has 0 unspecified atom stereocenters. The molecule has 0 radical (unpaired) electrons. The van der Waals surface area contributed by atoms with Crippen molar-refractivity contribution in [2.24, 2.45) is 0 Å². The molecule has 1 aliphatic heterocycles. The van der Waals surface area contributed by atoms with Gasteiger partial charge in [-0.25, -0.2) is 0 Å². The molecule has 0 bridgehead atoms. The standard InChI is InChI=1S/C13H17N5S/c1-14-12-15-11(10-5-8-19-9-10)16-13(17-12)18-6-3-2-4-7-18/h5,8-9H,2-4,6-7H2,1H3,(H,14,15,16,17). The van der Waals surface area contributed by atoms with Crippen LogP contribution in [-0.2, 0) is 0 Å². The van der Waals surface area contributed by atoms with Crippen LogP contribution in [0.4, 0.5) is 11.9 Å². The molecule has 1 fully saturated rings. The first-order chi connectivity index (χ1) is 9.36. The molecule has 100 valence electrons. The normalized spacial score (nSPS) is 15.5. The van der Waals surface area contributed by atoms with Gasteiger partial charge < -0.3 is 10.2 Å². The van der Waals surface area contributed by atoms with Gasteiger partial charge in [0.1, 0.15) is 0 Å². The fourth-order valence-corrected chi connectivity index (χ4v) is 2.87. The van der Waals surface area contributed by atoms with Crippen LogP contribution in [0, 0.1) is 0 Å². The molecule has 1 N–H and O–H groups in total. The first kappa shape index (κ1) is 12.3. The summed E-state index contributed by atoms with van der Waals surface area (Å²) < 4.78 is 0. The van der Waals surface area contributed by atoms with E-state index in [1.54, 1.807) is 11.3 Å². The second-order valence-corrected chi connectivity index (χ2v) is 5.37. The van der Waals surface area contributed by atoms with Gasteiger partial charge in [-0.05, 0) is 30.7 Å². The molecule has 6 heteroatoms. The molecule has 0 amide bonds. The zero-order chi connectivity index (χ0) is 13.1. The fraction of sp³-hybridized carbons (Fsp3) is 0.462. The molecule has 3 rings (SSSR count). The molecule has 1 saturated heterocycles. The minimum absolute atomic E-state index is 0.636. The molecule has 5 nitrogen and oxygen atoms in total. The van der Waals surface area contributed by atoms with E-state index in [1.165, 1.54) is 19.3 Å². The van der Waals surface area contributed by atoms with Crippen LogP contribution in [0.2, 0.25) is 0 Å². The predicted octanol–water partition coefficient (Wildman–Crippen LogP) is 2.63. The third kappa shape index (κ3) is 2.68. The molecule has 0 aromatic carbocycles. The largest absolute Gasteiger partial charge is 0.357 e. The number of aromatic nitrogens is 3. The average molecular weight is 275 g/mol. The number of thiophene rings is 1. The number of nitrogens with one attached hydrogen (secondary N) is 1. The quantitative estimate of drug-likeness (QED) is 0.933. The Morgan fingerprint density at radius 1 is 1.16 bits per heavy atom. The number of rotatable bonds is 3. The molecular formula is C13H17N5S. The molecule has 1 aliphatic rings. The summed E-state index contributed by atoms with van der Waals surface area (Å²) in [5.74, 6) is 2.18. The highest BCUT2D eigenvalue weighted by Crippen LogP contribution is 2.23. The molecular weight excluding hydrogens is 258 g/mol. The molecule has 2 aromatic heterocycles. The van der Waals surface area contributed by atoms with Crippen molar-refractivity contribution in [1.29, 1.82) is 0 Å². The summed E-state index contributed by atoms with van der Waals surface area (Å²) in [6.45, 7) is 2.08. The van der Waals surface area contributed by atoms with E-state index >= 15 is 0 Å². The van der Waals surface area contributed by atoms with Crippen LogP contribution < -0.4 is 10.2 Å². The van der Waals surface area contributed by atoms with Gasteiger partial charge >= 0.3 is 0 Å². The highest BCUT2D eigenvalue weighted by Gasteiger charge is 2.16. The van der Waals surface area contributed by atoms with E-state index in [0.717, 1.165) is 30.4 Å². The van der Waals surface area contributed by atoms with Crippen LogP contribution in [-0.4, -0.2) is 35.1 Å². The summed E-state index contributed by atoms with van der Waals surface area (Å²) in [6.07, 6.45) is 3.74. The van der Waals surface area contributed by atoms with Crippen LogP contribution in [0.1, 0.15) is 19.3 Å². The Hall–Kier alpha value is -1.69. The van der Waals surface area contributed by atoms with Crippen molar-refractivity contribution < 1.29 is 0 Å². The lowest BCUT2D eigenvalue weighted by atomic mass is 10.1. The van der Waals surface area contributed by atoms with Gasteiger partial charge in [0.05, 0.1) is 0 Å². The molecule has 0 aliphatic carbocycles. The van der Waals surface area contributed by atoms with Crippen LogP contribution >= 0.6 is 11.3 Å². The van der Waals surface area contributed by atoms with E-state index < -0.39 is 0 Å². The Balaban J connectivity index is 1.97. The van der Waals surface area contributed by atoms with E-state index in [1.807, 2.05) is 18.5 Å². The van der Waals surface area contributed by atoms with Crippen molar-refractivity contribution in [3.05, 3.63) is 16.8 Å². The first-order valence-electron chi connectivity index (χ1n) is 6.58. The summed E-state index contributed by atoms with van der Waals surface area (Å²) in [5.41, 5.74) is 1.06. The average Bonchev–Trinajstić information content (AvgIpc) is 3.02. The van der Waals surface area contributed by atoms with Gasteiger partial charge in [0.15, 0.2) is 5.82 Å². The molecule has 0 atom stereocenters. The first-order valence-corrected chi connectivity index (χ1v) is 7.52. The van der Waals surface area contributed by atoms with Crippen molar-refractivity contribution in [2.45, 2.75) is 19.3 Å². The van der Waals surface area contributed by atoms with Crippen molar-refractivity contribution in [3.63, 3.8) is 0 Å². The maximum Gasteiger partial charge on any atom is 0.230 e. The lowest BCUT2D eigenvalue weighted by Gasteiger charge is -2.26. The molecule has 3 heterocycles. The number of piperidine rings is 1. The van der Waals surface area contributed by atoms with Gasteiger partial charge in [-0.2, -0.15) is 26.3 Å². The van der Waals surface area contributed by atoms with E-state index in [-0.39, 0.29) is 0 Å². The van der Waals surface area contributed by atoms with Gasteiger partial charge in [0.25, 0.3) is 0 Å². The molecule has 0 spiro atoms.